The minimum Gasteiger partial charge on any atom is -0.386 e. The minimum absolute atomic E-state index is 0.0245. The number of nitrogens with one attached hydrogen (secondary N) is 1. The van der Waals surface area contributed by atoms with Crippen LogP contribution in [-0.4, -0.2) is 60.3 Å². The highest BCUT2D eigenvalue weighted by Gasteiger charge is 2.34. The Bertz CT molecular complexity index is 345. The van der Waals surface area contributed by atoms with Crippen LogP contribution >= 0.6 is 0 Å². The molecule has 1 atom stereocenters. The molecule has 2 N–H and O–H groups in total. The summed E-state index contributed by atoms with van der Waals surface area (Å²) in [6.07, 6.45) is 1.96. The van der Waals surface area contributed by atoms with Crippen molar-refractivity contribution in [2.24, 2.45) is 5.92 Å². The number of aliphatic hydroxyl groups is 1. The summed E-state index contributed by atoms with van der Waals surface area (Å²) in [6, 6.07) is 0. The van der Waals surface area contributed by atoms with Gasteiger partial charge in [0.15, 0.2) is 0 Å². The molecule has 2 aliphatic rings. The fraction of sp³-hybridized carbons (Fsp3) is 0.846. The smallest absolute Gasteiger partial charge is 0.223 e. The summed E-state index contributed by atoms with van der Waals surface area (Å²) in [4.78, 5) is 25.0. The van der Waals surface area contributed by atoms with Crippen molar-refractivity contribution in [3.05, 3.63) is 0 Å². The zero-order valence-electron chi connectivity index (χ0n) is 11.4. The van der Waals surface area contributed by atoms with Gasteiger partial charge >= 0.3 is 0 Å². The van der Waals surface area contributed by atoms with Gasteiger partial charge in [-0.3, -0.25) is 9.59 Å². The van der Waals surface area contributed by atoms with E-state index in [2.05, 4.69) is 5.32 Å². The van der Waals surface area contributed by atoms with E-state index in [-0.39, 0.29) is 30.9 Å². The highest BCUT2D eigenvalue weighted by atomic mass is 16.5. The molecule has 2 amide bonds. The summed E-state index contributed by atoms with van der Waals surface area (Å²) in [5.74, 6) is -0.0127. The van der Waals surface area contributed by atoms with Crippen molar-refractivity contribution in [2.45, 2.75) is 31.8 Å². The van der Waals surface area contributed by atoms with Gasteiger partial charge < -0.3 is 20.1 Å². The molecule has 0 aliphatic carbocycles. The van der Waals surface area contributed by atoms with Crippen LogP contribution in [0.4, 0.5) is 0 Å². The number of ether oxygens (including phenoxy) is 1. The normalized spacial score (nSPS) is 28.4. The number of amides is 2. The highest BCUT2D eigenvalue weighted by molar-refractivity contribution is 5.79. The van der Waals surface area contributed by atoms with Crippen molar-refractivity contribution in [2.75, 3.05) is 32.8 Å². The van der Waals surface area contributed by atoms with E-state index in [0.29, 0.717) is 39.0 Å². The van der Waals surface area contributed by atoms with Gasteiger partial charge in [0.2, 0.25) is 11.8 Å². The molecule has 2 heterocycles. The molecule has 0 radical (unpaired) electrons. The lowest BCUT2D eigenvalue weighted by molar-refractivity contribution is -0.134. The molecule has 0 bridgehead atoms. The lowest BCUT2D eigenvalue weighted by Gasteiger charge is -2.31. The standard InChI is InChI=1S/C13H22N2O4/c1-10(16)15-5-2-11(3-6-15)12(17)14-8-13(18)4-7-19-9-13/h11,18H,2-9H2,1H3,(H,14,17). The Morgan fingerprint density at radius 1 is 1.42 bits per heavy atom. The molecule has 0 aromatic carbocycles. The molecule has 0 aromatic rings. The van der Waals surface area contributed by atoms with Crippen LogP contribution in [0.3, 0.4) is 0 Å². The maximum Gasteiger partial charge on any atom is 0.223 e. The van der Waals surface area contributed by atoms with E-state index in [4.69, 9.17) is 4.74 Å². The Kier molecular flexibility index (Phi) is 4.42. The average Bonchev–Trinajstić information content (AvgIpc) is 2.83. The third-order valence-electron chi connectivity index (χ3n) is 3.99. The Hall–Kier alpha value is -1.14. The number of likely N-dealkylation sites (tertiary alicyclic amines) is 1. The van der Waals surface area contributed by atoms with Crippen LogP contribution < -0.4 is 5.32 Å². The topological polar surface area (TPSA) is 78.9 Å². The number of hydrogen-bond donors (Lipinski definition) is 2. The summed E-state index contributed by atoms with van der Waals surface area (Å²) in [5.41, 5.74) is -0.907. The predicted octanol–water partition coefficient (Wildman–Crippen LogP) is -0.487. The van der Waals surface area contributed by atoms with E-state index < -0.39 is 5.60 Å². The number of nitrogens with zero attached hydrogens (tertiary/aromatic N) is 1. The first-order chi connectivity index (χ1) is 9.00. The summed E-state index contributed by atoms with van der Waals surface area (Å²) in [5, 5.41) is 12.9. The molecule has 2 saturated heterocycles. The van der Waals surface area contributed by atoms with Crippen LogP contribution in [0.25, 0.3) is 0 Å². The van der Waals surface area contributed by atoms with Crippen LogP contribution in [0.1, 0.15) is 26.2 Å². The van der Waals surface area contributed by atoms with Crippen LogP contribution in [-0.2, 0) is 14.3 Å². The fourth-order valence-electron chi connectivity index (χ4n) is 2.59. The van der Waals surface area contributed by atoms with E-state index in [1.165, 1.54) is 0 Å². The van der Waals surface area contributed by atoms with E-state index in [9.17, 15) is 14.7 Å². The molecule has 2 fully saturated rings. The SMILES string of the molecule is CC(=O)N1CCC(C(=O)NCC2(O)CCOC2)CC1. The second kappa shape index (κ2) is 5.88. The van der Waals surface area contributed by atoms with Crippen LogP contribution in [0, 0.1) is 5.92 Å². The molecular formula is C13H22N2O4. The number of hydrogen-bond acceptors (Lipinski definition) is 4. The summed E-state index contributed by atoms with van der Waals surface area (Å²) < 4.78 is 5.13. The molecule has 2 rings (SSSR count). The Labute approximate surface area is 113 Å². The number of rotatable bonds is 3. The third-order valence-corrected chi connectivity index (χ3v) is 3.99. The van der Waals surface area contributed by atoms with Crippen molar-refractivity contribution in [3.8, 4) is 0 Å². The van der Waals surface area contributed by atoms with E-state index in [0.717, 1.165) is 0 Å². The van der Waals surface area contributed by atoms with Crippen LogP contribution in [0.5, 0.6) is 0 Å². The molecule has 2 aliphatic heterocycles. The first-order valence-electron chi connectivity index (χ1n) is 6.83. The highest BCUT2D eigenvalue weighted by Crippen LogP contribution is 2.19. The largest absolute Gasteiger partial charge is 0.386 e. The van der Waals surface area contributed by atoms with Gasteiger partial charge in [0.1, 0.15) is 5.60 Å². The van der Waals surface area contributed by atoms with Crippen molar-refractivity contribution in [1.82, 2.24) is 10.2 Å². The monoisotopic (exact) mass is 270 g/mol. The van der Waals surface area contributed by atoms with Crippen molar-refractivity contribution in [1.29, 1.82) is 0 Å². The van der Waals surface area contributed by atoms with Crippen molar-refractivity contribution >= 4 is 11.8 Å². The van der Waals surface area contributed by atoms with Crippen LogP contribution in [0.15, 0.2) is 0 Å². The quantitative estimate of drug-likeness (QED) is 0.725. The number of carbonyl (C=O) groups excluding carboxylic acids is 2. The zero-order chi connectivity index (χ0) is 13.9. The van der Waals surface area contributed by atoms with Gasteiger partial charge in [0, 0.05) is 45.5 Å². The fourth-order valence-corrected chi connectivity index (χ4v) is 2.59. The first kappa shape index (κ1) is 14.3. The minimum atomic E-state index is -0.907. The second-order valence-electron chi connectivity index (χ2n) is 5.53. The molecule has 1 unspecified atom stereocenters. The molecular weight excluding hydrogens is 248 g/mol. The zero-order valence-corrected chi connectivity index (χ0v) is 11.4. The Morgan fingerprint density at radius 3 is 2.63 bits per heavy atom. The lowest BCUT2D eigenvalue weighted by atomic mass is 9.95. The molecule has 0 spiro atoms. The van der Waals surface area contributed by atoms with E-state index >= 15 is 0 Å². The summed E-state index contributed by atoms with van der Waals surface area (Å²) in [6.45, 7) is 3.91. The van der Waals surface area contributed by atoms with Gasteiger partial charge in [-0.1, -0.05) is 0 Å². The second-order valence-corrected chi connectivity index (χ2v) is 5.53. The Balaban J connectivity index is 1.74. The number of carbonyl (C=O) groups is 2. The third kappa shape index (κ3) is 3.67. The van der Waals surface area contributed by atoms with Crippen molar-refractivity contribution in [3.63, 3.8) is 0 Å². The summed E-state index contributed by atoms with van der Waals surface area (Å²) >= 11 is 0. The Morgan fingerprint density at radius 2 is 2.11 bits per heavy atom. The van der Waals surface area contributed by atoms with Gasteiger partial charge in [-0.15, -0.1) is 0 Å². The predicted molar refractivity (Wildman–Crippen MR) is 68.4 cm³/mol. The van der Waals surface area contributed by atoms with Gasteiger partial charge in [-0.25, -0.2) is 0 Å². The maximum absolute atomic E-state index is 12.0. The van der Waals surface area contributed by atoms with Gasteiger partial charge in [-0.2, -0.15) is 0 Å². The van der Waals surface area contributed by atoms with Gasteiger partial charge in [0.25, 0.3) is 0 Å². The van der Waals surface area contributed by atoms with Gasteiger partial charge in [-0.05, 0) is 12.8 Å². The number of piperidine rings is 1. The molecule has 108 valence electrons. The average molecular weight is 270 g/mol. The van der Waals surface area contributed by atoms with Crippen LogP contribution in [0.2, 0.25) is 0 Å². The molecule has 6 heteroatoms. The van der Waals surface area contributed by atoms with E-state index in [1.807, 2.05) is 0 Å². The molecule has 0 aromatic heterocycles. The molecule has 19 heavy (non-hydrogen) atoms. The lowest BCUT2D eigenvalue weighted by Crippen LogP contribution is -2.47. The first-order valence-corrected chi connectivity index (χ1v) is 6.83. The van der Waals surface area contributed by atoms with Gasteiger partial charge in [0.05, 0.1) is 6.61 Å². The van der Waals surface area contributed by atoms with Crippen molar-refractivity contribution < 1.29 is 19.4 Å². The molecule has 0 saturated carbocycles. The summed E-state index contributed by atoms with van der Waals surface area (Å²) in [7, 11) is 0. The maximum atomic E-state index is 12.0. The van der Waals surface area contributed by atoms with E-state index in [1.54, 1.807) is 11.8 Å². The molecule has 6 nitrogen and oxygen atoms in total.